The van der Waals surface area contributed by atoms with Gasteiger partial charge in [0, 0.05) is 5.54 Å². The molecule has 0 saturated carbocycles. The van der Waals surface area contributed by atoms with Gasteiger partial charge in [0.25, 0.3) is 0 Å². The first kappa shape index (κ1) is 11.8. The van der Waals surface area contributed by atoms with Crippen LogP contribution in [0.25, 0.3) is 0 Å². The van der Waals surface area contributed by atoms with E-state index in [1.54, 1.807) is 0 Å². The molecule has 0 aliphatic rings. The Morgan fingerprint density at radius 2 is 2.00 bits per heavy atom. The fraction of sp³-hybridized carbons (Fsp3) is 1.00. The van der Waals surface area contributed by atoms with Crippen LogP contribution in [-0.4, -0.2) is 34.6 Å². The van der Waals surface area contributed by atoms with Crippen molar-refractivity contribution in [2.75, 3.05) is 6.61 Å². The van der Waals surface area contributed by atoms with Crippen LogP contribution in [0.5, 0.6) is 0 Å². The minimum atomic E-state index is -0.782. The highest BCUT2D eigenvalue weighted by atomic mass is 16.3. The van der Waals surface area contributed by atoms with Crippen molar-refractivity contribution in [1.82, 2.24) is 5.32 Å². The maximum Gasteiger partial charge on any atom is 0.0946 e. The number of nitrogens with two attached hydrogens (primary N) is 1. The third kappa shape index (κ3) is 3.49. The zero-order chi connectivity index (χ0) is 9.78. The summed E-state index contributed by atoms with van der Waals surface area (Å²) in [6.07, 6.45) is -0.127. The predicted octanol–water partition coefficient (Wildman–Crippen LogP) is -0.597. The van der Waals surface area contributed by atoms with Gasteiger partial charge in [-0.1, -0.05) is 6.92 Å². The van der Waals surface area contributed by atoms with E-state index in [9.17, 15) is 5.11 Å². The first-order valence-corrected chi connectivity index (χ1v) is 4.26. The van der Waals surface area contributed by atoms with E-state index in [2.05, 4.69) is 5.32 Å². The van der Waals surface area contributed by atoms with E-state index in [1.165, 1.54) is 0 Å². The van der Waals surface area contributed by atoms with Crippen LogP contribution in [0, 0.1) is 0 Å². The summed E-state index contributed by atoms with van der Waals surface area (Å²) in [5.41, 5.74) is 5.11. The van der Waals surface area contributed by atoms with Gasteiger partial charge in [0.05, 0.1) is 18.9 Å². The standard InChI is InChI=1S/C8H20N2O2/c1-4-7(9)10-8(2,3)6(12)5-11/h6-7,10-12H,4-5,9H2,1-3H3. The van der Waals surface area contributed by atoms with Crippen LogP contribution in [-0.2, 0) is 0 Å². The molecule has 0 bridgehead atoms. The summed E-state index contributed by atoms with van der Waals surface area (Å²) in [5, 5.41) is 21.1. The number of aliphatic hydroxyl groups is 2. The maximum absolute atomic E-state index is 9.36. The molecule has 0 heterocycles. The Bertz CT molecular complexity index is 128. The topological polar surface area (TPSA) is 78.5 Å². The van der Waals surface area contributed by atoms with E-state index in [4.69, 9.17) is 10.8 Å². The summed E-state index contributed by atoms with van der Waals surface area (Å²) in [4.78, 5) is 0. The third-order valence-electron chi connectivity index (χ3n) is 2.00. The first-order chi connectivity index (χ1) is 5.44. The van der Waals surface area contributed by atoms with Crippen LogP contribution >= 0.6 is 0 Å². The molecule has 0 radical (unpaired) electrons. The first-order valence-electron chi connectivity index (χ1n) is 4.26. The SMILES string of the molecule is CCC(N)NC(C)(C)C(O)CO. The largest absolute Gasteiger partial charge is 0.394 e. The second-order valence-electron chi connectivity index (χ2n) is 3.58. The van der Waals surface area contributed by atoms with Gasteiger partial charge in [0.15, 0.2) is 0 Å². The smallest absolute Gasteiger partial charge is 0.0946 e. The van der Waals surface area contributed by atoms with Crippen molar-refractivity contribution in [2.24, 2.45) is 5.73 Å². The maximum atomic E-state index is 9.36. The van der Waals surface area contributed by atoms with Crippen LogP contribution in [0.4, 0.5) is 0 Å². The molecule has 5 N–H and O–H groups in total. The van der Waals surface area contributed by atoms with Crippen LogP contribution in [0.1, 0.15) is 27.2 Å². The van der Waals surface area contributed by atoms with Crippen molar-refractivity contribution in [2.45, 2.75) is 45.0 Å². The quantitative estimate of drug-likeness (QED) is 0.422. The molecule has 4 nitrogen and oxygen atoms in total. The van der Waals surface area contributed by atoms with E-state index >= 15 is 0 Å². The molecule has 2 atom stereocenters. The van der Waals surface area contributed by atoms with Gasteiger partial charge >= 0.3 is 0 Å². The molecule has 0 aromatic heterocycles. The highest BCUT2D eigenvalue weighted by Crippen LogP contribution is 2.09. The fourth-order valence-electron chi connectivity index (χ4n) is 0.904. The molecule has 0 aromatic carbocycles. The Kier molecular flexibility index (Phi) is 4.70. The lowest BCUT2D eigenvalue weighted by molar-refractivity contribution is 0.0234. The van der Waals surface area contributed by atoms with E-state index < -0.39 is 11.6 Å². The molecular weight excluding hydrogens is 156 g/mol. The number of hydrogen-bond acceptors (Lipinski definition) is 4. The minimum Gasteiger partial charge on any atom is -0.394 e. The van der Waals surface area contributed by atoms with Crippen molar-refractivity contribution in [3.63, 3.8) is 0 Å². The molecule has 2 unspecified atom stereocenters. The Morgan fingerprint density at radius 3 is 2.33 bits per heavy atom. The molecule has 4 heteroatoms. The number of rotatable bonds is 5. The van der Waals surface area contributed by atoms with Crippen LogP contribution < -0.4 is 11.1 Å². The molecule has 12 heavy (non-hydrogen) atoms. The highest BCUT2D eigenvalue weighted by molar-refractivity contribution is 4.86. The van der Waals surface area contributed by atoms with Crippen LogP contribution in [0.15, 0.2) is 0 Å². The lowest BCUT2D eigenvalue weighted by Crippen LogP contribution is -2.57. The fourth-order valence-corrected chi connectivity index (χ4v) is 0.904. The Balaban J connectivity index is 4.02. The monoisotopic (exact) mass is 176 g/mol. The average molecular weight is 176 g/mol. The summed E-state index contributed by atoms with van der Waals surface area (Å²) in [6, 6.07) is 0. The van der Waals surface area contributed by atoms with Gasteiger partial charge in [-0.2, -0.15) is 0 Å². The highest BCUT2D eigenvalue weighted by Gasteiger charge is 2.27. The number of aliphatic hydroxyl groups excluding tert-OH is 2. The van der Waals surface area contributed by atoms with Gasteiger partial charge in [0.1, 0.15) is 0 Å². The zero-order valence-corrected chi connectivity index (χ0v) is 8.04. The third-order valence-corrected chi connectivity index (χ3v) is 2.00. The van der Waals surface area contributed by atoms with Gasteiger partial charge in [-0.3, -0.25) is 5.32 Å². The lowest BCUT2D eigenvalue weighted by Gasteiger charge is -2.33. The van der Waals surface area contributed by atoms with Crippen LogP contribution in [0.2, 0.25) is 0 Å². The van der Waals surface area contributed by atoms with E-state index in [-0.39, 0.29) is 12.8 Å². The van der Waals surface area contributed by atoms with Gasteiger partial charge < -0.3 is 15.9 Å². The lowest BCUT2D eigenvalue weighted by atomic mass is 9.97. The summed E-state index contributed by atoms with van der Waals surface area (Å²) in [5.74, 6) is 0. The summed E-state index contributed by atoms with van der Waals surface area (Å²) >= 11 is 0. The Labute approximate surface area is 73.8 Å². The van der Waals surface area contributed by atoms with Crippen molar-refractivity contribution in [3.05, 3.63) is 0 Å². The van der Waals surface area contributed by atoms with Crippen molar-refractivity contribution >= 4 is 0 Å². The Hall–Kier alpha value is -0.160. The van der Waals surface area contributed by atoms with Gasteiger partial charge in [-0.25, -0.2) is 0 Å². The van der Waals surface area contributed by atoms with Crippen LogP contribution in [0.3, 0.4) is 0 Å². The van der Waals surface area contributed by atoms with Gasteiger partial charge in [0.2, 0.25) is 0 Å². The summed E-state index contributed by atoms with van der Waals surface area (Å²) < 4.78 is 0. The second kappa shape index (κ2) is 4.77. The van der Waals surface area contributed by atoms with Crippen molar-refractivity contribution in [1.29, 1.82) is 0 Å². The van der Waals surface area contributed by atoms with E-state index in [0.717, 1.165) is 6.42 Å². The van der Waals surface area contributed by atoms with Gasteiger partial charge in [-0.05, 0) is 20.3 Å². The van der Waals surface area contributed by atoms with Crippen molar-refractivity contribution < 1.29 is 10.2 Å². The van der Waals surface area contributed by atoms with Crippen molar-refractivity contribution in [3.8, 4) is 0 Å². The second-order valence-corrected chi connectivity index (χ2v) is 3.58. The molecular formula is C8H20N2O2. The number of nitrogens with one attached hydrogen (secondary N) is 1. The normalized spacial score (nSPS) is 17.5. The minimum absolute atomic E-state index is 0.138. The molecule has 74 valence electrons. The molecule has 0 saturated heterocycles. The van der Waals surface area contributed by atoms with Gasteiger partial charge in [-0.15, -0.1) is 0 Å². The molecule has 0 aliphatic carbocycles. The average Bonchev–Trinajstić information content (AvgIpc) is 2.02. The molecule has 0 fully saturated rings. The molecule has 0 aromatic rings. The Morgan fingerprint density at radius 1 is 1.50 bits per heavy atom. The van der Waals surface area contributed by atoms with E-state index in [0.29, 0.717) is 0 Å². The van der Waals surface area contributed by atoms with E-state index in [1.807, 2.05) is 20.8 Å². The predicted molar refractivity (Wildman–Crippen MR) is 48.6 cm³/mol. The number of hydrogen-bond donors (Lipinski definition) is 4. The zero-order valence-electron chi connectivity index (χ0n) is 8.04. The molecule has 0 aliphatic heterocycles. The molecule has 0 spiro atoms. The summed E-state index contributed by atoms with van der Waals surface area (Å²) in [7, 11) is 0. The summed E-state index contributed by atoms with van der Waals surface area (Å²) in [6.45, 7) is 5.32. The molecule has 0 amide bonds. The molecule has 0 rings (SSSR count).